The Morgan fingerprint density at radius 2 is 1.79 bits per heavy atom. The molecule has 1 heterocycles. The summed E-state index contributed by atoms with van der Waals surface area (Å²) in [5, 5.41) is 5.10. The lowest BCUT2D eigenvalue weighted by atomic mass is 10.1. The minimum atomic E-state index is -0.459. The van der Waals surface area contributed by atoms with E-state index >= 15 is 0 Å². The number of para-hydroxylation sites is 1. The van der Waals surface area contributed by atoms with Gasteiger partial charge in [-0.25, -0.2) is 9.78 Å². The molecule has 8 heteroatoms. The van der Waals surface area contributed by atoms with Gasteiger partial charge < -0.3 is 19.5 Å². The molecule has 1 aromatic heterocycles. The van der Waals surface area contributed by atoms with Gasteiger partial charge in [-0.05, 0) is 36.8 Å². The lowest BCUT2D eigenvalue weighted by Crippen LogP contribution is -2.14. The predicted molar refractivity (Wildman–Crippen MR) is 111 cm³/mol. The molecule has 1 amide bonds. The van der Waals surface area contributed by atoms with Gasteiger partial charge in [-0.1, -0.05) is 12.1 Å². The van der Waals surface area contributed by atoms with Gasteiger partial charge in [0.05, 0.1) is 32.5 Å². The number of ether oxygens (including phenoxy) is 3. The van der Waals surface area contributed by atoms with Crippen molar-refractivity contribution in [2.24, 2.45) is 0 Å². The number of carbonyl (C=O) groups is 2. The van der Waals surface area contributed by atoms with E-state index < -0.39 is 5.97 Å². The highest BCUT2D eigenvalue weighted by Crippen LogP contribution is 2.39. The third-order valence-electron chi connectivity index (χ3n) is 4.36. The normalized spacial score (nSPS) is 10.3. The van der Waals surface area contributed by atoms with Crippen LogP contribution in [0.3, 0.4) is 0 Å². The van der Waals surface area contributed by atoms with Gasteiger partial charge in [-0.3, -0.25) is 4.79 Å². The molecule has 0 fully saturated rings. The lowest BCUT2D eigenvalue weighted by Gasteiger charge is -2.11. The van der Waals surface area contributed by atoms with Crippen LogP contribution in [0.5, 0.6) is 11.5 Å². The fraction of sp³-hybridized carbons (Fsp3) is 0.190. The van der Waals surface area contributed by atoms with Crippen molar-refractivity contribution in [2.75, 3.05) is 26.6 Å². The number of amides is 1. The van der Waals surface area contributed by atoms with E-state index in [2.05, 4.69) is 10.3 Å². The summed E-state index contributed by atoms with van der Waals surface area (Å²) in [4.78, 5) is 29.0. The molecule has 0 spiro atoms. The van der Waals surface area contributed by atoms with Crippen LogP contribution in [0.1, 0.15) is 26.4 Å². The molecule has 0 saturated heterocycles. The van der Waals surface area contributed by atoms with Crippen molar-refractivity contribution in [3.05, 3.63) is 58.6 Å². The van der Waals surface area contributed by atoms with Crippen LogP contribution in [-0.2, 0) is 4.74 Å². The van der Waals surface area contributed by atoms with Gasteiger partial charge in [0.25, 0.3) is 5.91 Å². The van der Waals surface area contributed by atoms with Crippen LogP contribution in [0.2, 0.25) is 0 Å². The highest BCUT2D eigenvalue weighted by atomic mass is 32.1. The third kappa shape index (κ3) is 4.07. The Morgan fingerprint density at radius 3 is 2.48 bits per heavy atom. The summed E-state index contributed by atoms with van der Waals surface area (Å²) in [5.74, 6) is 0.304. The summed E-state index contributed by atoms with van der Waals surface area (Å²) in [5.41, 5.74) is 2.53. The number of methoxy groups -OCH3 is 3. The first-order valence-electron chi connectivity index (χ1n) is 8.66. The van der Waals surface area contributed by atoms with E-state index in [-0.39, 0.29) is 11.6 Å². The van der Waals surface area contributed by atoms with Gasteiger partial charge in [0.1, 0.15) is 10.7 Å². The SMILES string of the molecule is COC(=O)c1cccc(NC(=O)c2csc(-c3cccc(OC)c3OC)n2)c1C. The molecule has 0 aliphatic heterocycles. The lowest BCUT2D eigenvalue weighted by molar-refractivity contribution is 0.0599. The first-order chi connectivity index (χ1) is 14.0. The molecule has 0 unspecified atom stereocenters. The summed E-state index contributed by atoms with van der Waals surface area (Å²) in [6.45, 7) is 1.75. The first-order valence-corrected chi connectivity index (χ1v) is 9.54. The van der Waals surface area contributed by atoms with E-state index in [4.69, 9.17) is 14.2 Å². The molecule has 29 heavy (non-hydrogen) atoms. The van der Waals surface area contributed by atoms with Crippen LogP contribution in [0.4, 0.5) is 5.69 Å². The number of benzene rings is 2. The molecule has 3 aromatic rings. The summed E-state index contributed by atoms with van der Waals surface area (Å²) >= 11 is 1.32. The molecule has 0 radical (unpaired) electrons. The third-order valence-corrected chi connectivity index (χ3v) is 5.23. The second kappa shape index (κ2) is 8.74. The van der Waals surface area contributed by atoms with Crippen molar-refractivity contribution in [1.29, 1.82) is 0 Å². The molecule has 1 N–H and O–H groups in total. The molecule has 0 saturated carbocycles. The fourth-order valence-electron chi connectivity index (χ4n) is 2.85. The van der Waals surface area contributed by atoms with Crippen molar-refractivity contribution >= 4 is 28.9 Å². The smallest absolute Gasteiger partial charge is 0.338 e. The maximum atomic E-state index is 12.7. The van der Waals surface area contributed by atoms with Gasteiger partial charge >= 0.3 is 5.97 Å². The van der Waals surface area contributed by atoms with Crippen molar-refractivity contribution < 1.29 is 23.8 Å². The van der Waals surface area contributed by atoms with E-state index in [9.17, 15) is 9.59 Å². The zero-order valence-corrected chi connectivity index (χ0v) is 17.3. The zero-order valence-electron chi connectivity index (χ0n) is 16.4. The fourth-order valence-corrected chi connectivity index (χ4v) is 3.67. The number of rotatable bonds is 6. The van der Waals surface area contributed by atoms with Crippen molar-refractivity contribution in [3.63, 3.8) is 0 Å². The molecule has 150 valence electrons. The van der Waals surface area contributed by atoms with Gasteiger partial charge in [-0.15, -0.1) is 11.3 Å². The number of anilines is 1. The average molecular weight is 412 g/mol. The number of carbonyl (C=O) groups excluding carboxylic acids is 2. The standard InChI is InChI=1S/C21H20N2O5S/c1-12-13(21(25)28-4)7-5-9-15(12)22-19(24)16-11-29-20(23-16)14-8-6-10-17(26-2)18(14)27-3/h5-11H,1-4H3,(H,22,24). The summed E-state index contributed by atoms with van der Waals surface area (Å²) in [7, 11) is 4.43. The number of nitrogens with one attached hydrogen (secondary N) is 1. The molecule has 7 nitrogen and oxygen atoms in total. The quantitative estimate of drug-likeness (QED) is 0.612. The number of nitrogens with zero attached hydrogens (tertiary/aromatic N) is 1. The van der Waals surface area contributed by atoms with E-state index in [1.54, 1.807) is 50.8 Å². The van der Waals surface area contributed by atoms with Crippen molar-refractivity contribution in [1.82, 2.24) is 4.98 Å². The summed E-state index contributed by atoms with van der Waals surface area (Å²) in [6, 6.07) is 10.5. The molecule has 0 aliphatic rings. The minimum absolute atomic E-state index is 0.262. The van der Waals surface area contributed by atoms with Gasteiger partial charge in [-0.2, -0.15) is 0 Å². The Kier molecular flexibility index (Phi) is 6.13. The monoisotopic (exact) mass is 412 g/mol. The van der Waals surface area contributed by atoms with Crippen LogP contribution in [0.25, 0.3) is 10.6 Å². The Hall–Kier alpha value is -3.39. The maximum Gasteiger partial charge on any atom is 0.338 e. The number of aromatic nitrogens is 1. The molecule has 0 atom stereocenters. The topological polar surface area (TPSA) is 86.8 Å². The number of esters is 1. The molecule has 0 aliphatic carbocycles. The molecule has 2 aromatic carbocycles. The summed E-state index contributed by atoms with van der Waals surface area (Å²) in [6.07, 6.45) is 0. The molecule has 3 rings (SSSR count). The van der Waals surface area contributed by atoms with Crippen LogP contribution >= 0.6 is 11.3 Å². The molecular weight excluding hydrogens is 392 g/mol. The van der Waals surface area contributed by atoms with Gasteiger partial charge in [0.2, 0.25) is 0 Å². The maximum absolute atomic E-state index is 12.7. The van der Waals surface area contributed by atoms with Gasteiger partial charge in [0, 0.05) is 11.1 Å². The number of hydrogen-bond acceptors (Lipinski definition) is 7. The Morgan fingerprint density at radius 1 is 1.03 bits per heavy atom. The number of thiazole rings is 1. The van der Waals surface area contributed by atoms with Crippen LogP contribution in [0.15, 0.2) is 41.8 Å². The summed E-state index contributed by atoms with van der Waals surface area (Å²) < 4.78 is 15.5. The molecular formula is C21H20N2O5S. The first kappa shape index (κ1) is 20.3. The van der Waals surface area contributed by atoms with E-state index in [1.807, 2.05) is 12.1 Å². The highest BCUT2D eigenvalue weighted by molar-refractivity contribution is 7.13. The Balaban J connectivity index is 1.87. The van der Waals surface area contributed by atoms with E-state index in [1.165, 1.54) is 18.4 Å². The van der Waals surface area contributed by atoms with Crippen molar-refractivity contribution in [2.45, 2.75) is 6.92 Å². The predicted octanol–water partition coefficient (Wildman–Crippen LogP) is 4.17. The Bertz CT molecular complexity index is 1060. The van der Waals surface area contributed by atoms with Crippen LogP contribution in [-0.4, -0.2) is 38.2 Å². The largest absolute Gasteiger partial charge is 0.493 e. The second-order valence-electron chi connectivity index (χ2n) is 6.00. The van der Waals surface area contributed by atoms with E-state index in [0.29, 0.717) is 33.3 Å². The Labute approximate surface area is 172 Å². The van der Waals surface area contributed by atoms with Gasteiger partial charge in [0.15, 0.2) is 11.5 Å². The van der Waals surface area contributed by atoms with Crippen molar-refractivity contribution in [3.8, 4) is 22.1 Å². The molecule has 0 bridgehead atoms. The van der Waals surface area contributed by atoms with Crippen LogP contribution < -0.4 is 14.8 Å². The van der Waals surface area contributed by atoms with Crippen LogP contribution in [0, 0.1) is 6.92 Å². The van der Waals surface area contributed by atoms with E-state index in [0.717, 1.165) is 5.56 Å². The second-order valence-corrected chi connectivity index (χ2v) is 6.86. The number of hydrogen-bond donors (Lipinski definition) is 1. The minimum Gasteiger partial charge on any atom is -0.493 e. The zero-order chi connectivity index (χ0) is 21.0. The highest BCUT2D eigenvalue weighted by Gasteiger charge is 2.19. The average Bonchev–Trinajstić information content (AvgIpc) is 3.24.